The van der Waals surface area contributed by atoms with Crippen molar-refractivity contribution in [2.75, 3.05) is 43.1 Å². The Bertz CT molecular complexity index is 391. The van der Waals surface area contributed by atoms with E-state index in [9.17, 15) is 0 Å². The number of aryl methyl sites for hydroxylation is 1. The molecule has 1 aliphatic rings. The molecule has 5 heteroatoms. The van der Waals surface area contributed by atoms with Crippen molar-refractivity contribution in [2.24, 2.45) is 0 Å². The number of unbranched alkanes of at least 4 members (excludes halogenated alkanes) is 2. The lowest BCUT2D eigenvalue weighted by molar-refractivity contribution is 0.122. The van der Waals surface area contributed by atoms with Crippen LogP contribution in [-0.2, 0) is 4.74 Å². The molecule has 1 N–H and O–H groups in total. The van der Waals surface area contributed by atoms with Crippen LogP contribution in [0.15, 0.2) is 6.07 Å². The molecule has 1 aromatic rings. The van der Waals surface area contributed by atoms with E-state index in [1.54, 1.807) is 0 Å². The molecule has 0 spiro atoms. The van der Waals surface area contributed by atoms with Gasteiger partial charge in [0.15, 0.2) is 0 Å². The summed E-state index contributed by atoms with van der Waals surface area (Å²) in [6, 6.07) is 2.01. The van der Waals surface area contributed by atoms with Crippen LogP contribution in [0.3, 0.4) is 0 Å². The summed E-state index contributed by atoms with van der Waals surface area (Å²) in [6.45, 7) is 8.48. The van der Waals surface area contributed by atoms with Gasteiger partial charge in [0.25, 0.3) is 0 Å². The number of morpholine rings is 1. The molecule has 5 nitrogen and oxygen atoms in total. The van der Waals surface area contributed by atoms with Crippen LogP contribution in [0.25, 0.3) is 0 Å². The molecular weight excluding hydrogens is 240 g/mol. The first-order valence-corrected chi connectivity index (χ1v) is 7.22. The Labute approximate surface area is 115 Å². The Balaban J connectivity index is 1.97. The molecular formula is C14H24N4O. The zero-order valence-corrected chi connectivity index (χ0v) is 12.0. The van der Waals surface area contributed by atoms with Gasteiger partial charge in [-0.25, -0.2) is 4.98 Å². The number of hydrogen-bond acceptors (Lipinski definition) is 5. The number of ether oxygens (including phenoxy) is 1. The van der Waals surface area contributed by atoms with Gasteiger partial charge < -0.3 is 15.0 Å². The molecule has 19 heavy (non-hydrogen) atoms. The molecule has 0 unspecified atom stereocenters. The third-order valence-electron chi connectivity index (χ3n) is 3.22. The third-order valence-corrected chi connectivity index (χ3v) is 3.22. The van der Waals surface area contributed by atoms with E-state index in [1.165, 1.54) is 19.3 Å². The minimum Gasteiger partial charge on any atom is -0.378 e. The Morgan fingerprint density at radius 2 is 2.05 bits per heavy atom. The maximum Gasteiger partial charge on any atom is 0.227 e. The number of hydrogen-bond donors (Lipinski definition) is 1. The molecule has 1 saturated heterocycles. The molecule has 2 heterocycles. The first-order valence-electron chi connectivity index (χ1n) is 7.22. The smallest absolute Gasteiger partial charge is 0.227 e. The second kappa shape index (κ2) is 7.28. The maximum absolute atomic E-state index is 5.36. The van der Waals surface area contributed by atoms with E-state index in [-0.39, 0.29) is 0 Å². The molecule has 2 rings (SSSR count). The van der Waals surface area contributed by atoms with Crippen LogP contribution in [-0.4, -0.2) is 42.8 Å². The normalized spacial score (nSPS) is 15.6. The largest absolute Gasteiger partial charge is 0.378 e. The Morgan fingerprint density at radius 3 is 2.79 bits per heavy atom. The Kier molecular flexibility index (Phi) is 5.39. The highest BCUT2D eigenvalue weighted by Gasteiger charge is 2.14. The van der Waals surface area contributed by atoms with E-state index in [0.29, 0.717) is 0 Å². The van der Waals surface area contributed by atoms with Crippen LogP contribution in [0.1, 0.15) is 31.9 Å². The molecule has 0 aromatic carbocycles. The van der Waals surface area contributed by atoms with Crippen molar-refractivity contribution in [1.82, 2.24) is 9.97 Å². The average molecular weight is 264 g/mol. The van der Waals surface area contributed by atoms with E-state index in [4.69, 9.17) is 4.74 Å². The van der Waals surface area contributed by atoms with E-state index in [0.717, 1.165) is 50.3 Å². The lowest BCUT2D eigenvalue weighted by atomic mass is 10.2. The minimum absolute atomic E-state index is 0.760. The maximum atomic E-state index is 5.36. The van der Waals surface area contributed by atoms with E-state index >= 15 is 0 Å². The van der Waals surface area contributed by atoms with Crippen LogP contribution in [0.4, 0.5) is 11.8 Å². The molecule has 1 fully saturated rings. The van der Waals surface area contributed by atoms with Crippen LogP contribution >= 0.6 is 0 Å². The summed E-state index contributed by atoms with van der Waals surface area (Å²) in [5, 5.41) is 3.39. The van der Waals surface area contributed by atoms with Crippen LogP contribution in [0.5, 0.6) is 0 Å². The summed E-state index contributed by atoms with van der Waals surface area (Å²) in [5.74, 6) is 1.76. The zero-order valence-electron chi connectivity index (χ0n) is 12.0. The van der Waals surface area contributed by atoms with Gasteiger partial charge in [-0.15, -0.1) is 0 Å². The highest BCUT2D eigenvalue weighted by atomic mass is 16.5. The zero-order chi connectivity index (χ0) is 13.5. The molecule has 1 aliphatic heterocycles. The van der Waals surface area contributed by atoms with Gasteiger partial charge in [0.1, 0.15) is 5.82 Å². The summed E-state index contributed by atoms with van der Waals surface area (Å²) in [7, 11) is 0. The van der Waals surface area contributed by atoms with Gasteiger partial charge in [0.2, 0.25) is 5.95 Å². The minimum atomic E-state index is 0.760. The number of nitrogens with one attached hydrogen (secondary N) is 1. The molecule has 0 saturated carbocycles. The SMILES string of the molecule is CCCCCNc1cc(C)nc(N2CCOCC2)n1. The van der Waals surface area contributed by atoms with E-state index < -0.39 is 0 Å². The Morgan fingerprint density at radius 1 is 1.26 bits per heavy atom. The predicted molar refractivity (Wildman–Crippen MR) is 77.8 cm³/mol. The van der Waals surface area contributed by atoms with Crippen molar-refractivity contribution < 1.29 is 4.74 Å². The van der Waals surface area contributed by atoms with Crippen molar-refractivity contribution in [2.45, 2.75) is 33.1 Å². The average Bonchev–Trinajstić information content (AvgIpc) is 2.44. The van der Waals surface area contributed by atoms with Gasteiger partial charge in [-0.2, -0.15) is 4.98 Å². The third kappa shape index (κ3) is 4.35. The fourth-order valence-corrected chi connectivity index (χ4v) is 2.14. The molecule has 0 aliphatic carbocycles. The quantitative estimate of drug-likeness (QED) is 0.798. The van der Waals surface area contributed by atoms with Gasteiger partial charge in [0, 0.05) is 31.4 Å². The first-order chi connectivity index (χ1) is 9.29. The Hall–Kier alpha value is -1.36. The number of anilines is 2. The molecule has 1 aromatic heterocycles. The van der Waals surface area contributed by atoms with E-state index in [2.05, 4.69) is 27.1 Å². The molecule has 0 bridgehead atoms. The van der Waals surface area contributed by atoms with Crippen molar-refractivity contribution in [3.8, 4) is 0 Å². The fraction of sp³-hybridized carbons (Fsp3) is 0.714. The number of aromatic nitrogens is 2. The van der Waals surface area contributed by atoms with Gasteiger partial charge in [-0.3, -0.25) is 0 Å². The van der Waals surface area contributed by atoms with Crippen molar-refractivity contribution >= 4 is 11.8 Å². The van der Waals surface area contributed by atoms with Crippen molar-refractivity contribution in [3.05, 3.63) is 11.8 Å². The van der Waals surface area contributed by atoms with Gasteiger partial charge in [-0.1, -0.05) is 19.8 Å². The van der Waals surface area contributed by atoms with Crippen LogP contribution < -0.4 is 10.2 Å². The summed E-state index contributed by atoms with van der Waals surface area (Å²) in [6.07, 6.45) is 3.68. The molecule has 0 atom stereocenters. The second-order valence-electron chi connectivity index (χ2n) is 4.93. The summed E-state index contributed by atoms with van der Waals surface area (Å²) < 4.78 is 5.36. The standard InChI is InChI=1S/C14H24N4O/c1-3-4-5-6-15-13-11-12(2)16-14(17-13)18-7-9-19-10-8-18/h11H,3-10H2,1-2H3,(H,15,16,17). The highest BCUT2D eigenvalue weighted by molar-refractivity contribution is 5.43. The fourth-order valence-electron chi connectivity index (χ4n) is 2.14. The molecule has 0 amide bonds. The van der Waals surface area contributed by atoms with Crippen LogP contribution in [0.2, 0.25) is 0 Å². The lowest BCUT2D eigenvalue weighted by Gasteiger charge is -2.27. The summed E-state index contributed by atoms with van der Waals surface area (Å²) in [5.41, 5.74) is 1.01. The number of rotatable bonds is 6. The summed E-state index contributed by atoms with van der Waals surface area (Å²) in [4.78, 5) is 11.3. The molecule has 0 radical (unpaired) electrons. The highest BCUT2D eigenvalue weighted by Crippen LogP contribution is 2.15. The summed E-state index contributed by atoms with van der Waals surface area (Å²) >= 11 is 0. The van der Waals surface area contributed by atoms with Gasteiger partial charge in [0.05, 0.1) is 13.2 Å². The van der Waals surface area contributed by atoms with Gasteiger partial charge in [-0.05, 0) is 13.3 Å². The monoisotopic (exact) mass is 264 g/mol. The van der Waals surface area contributed by atoms with Crippen LogP contribution in [0, 0.1) is 6.92 Å². The lowest BCUT2D eigenvalue weighted by Crippen LogP contribution is -2.37. The van der Waals surface area contributed by atoms with Crippen molar-refractivity contribution in [3.63, 3.8) is 0 Å². The second-order valence-corrected chi connectivity index (χ2v) is 4.93. The predicted octanol–water partition coefficient (Wildman–Crippen LogP) is 2.22. The first kappa shape index (κ1) is 14.1. The molecule has 106 valence electrons. The van der Waals surface area contributed by atoms with E-state index in [1.807, 2.05) is 13.0 Å². The van der Waals surface area contributed by atoms with Gasteiger partial charge >= 0.3 is 0 Å². The number of nitrogens with zero attached hydrogens (tertiary/aromatic N) is 3. The topological polar surface area (TPSA) is 50.3 Å². The van der Waals surface area contributed by atoms with Crippen molar-refractivity contribution in [1.29, 1.82) is 0 Å².